The van der Waals surface area contributed by atoms with E-state index in [2.05, 4.69) is 4.98 Å². The Bertz CT molecular complexity index is 832. The Labute approximate surface area is 146 Å². The van der Waals surface area contributed by atoms with Gasteiger partial charge in [-0.1, -0.05) is 24.3 Å². The Morgan fingerprint density at radius 1 is 1.24 bits per heavy atom. The van der Waals surface area contributed by atoms with Gasteiger partial charge < -0.3 is 4.74 Å². The fourth-order valence-corrected chi connectivity index (χ4v) is 2.96. The van der Waals surface area contributed by atoms with E-state index < -0.39 is 0 Å². The lowest BCUT2D eigenvalue weighted by atomic mass is 10.1. The molecule has 130 valence electrons. The Hall–Kier alpha value is -2.89. The van der Waals surface area contributed by atoms with Crippen molar-refractivity contribution in [1.29, 1.82) is 0 Å². The van der Waals surface area contributed by atoms with Gasteiger partial charge in [0.05, 0.1) is 12.6 Å². The molecule has 25 heavy (non-hydrogen) atoms. The first-order valence-electron chi connectivity index (χ1n) is 8.32. The second-order valence-electron chi connectivity index (χ2n) is 5.80. The molecule has 0 saturated carbocycles. The molecule has 3 rings (SSSR count). The Morgan fingerprint density at radius 3 is 2.76 bits per heavy atom. The van der Waals surface area contributed by atoms with Crippen LogP contribution in [0.25, 0.3) is 10.9 Å². The topological polar surface area (TPSA) is 62.7 Å². The maximum atomic E-state index is 12.9. The lowest BCUT2D eigenvalue weighted by Crippen LogP contribution is -2.44. The number of pyridine rings is 1. The van der Waals surface area contributed by atoms with E-state index in [1.54, 1.807) is 19.3 Å². The molecule has 1 aliphatic rings. The smallest absolute Gasteiger partial charge is 0.291 e. The fraction of sp³-hybridized carbons (Fsp3) is 0.316. The third-order valence-corrected chi connectivity index (χ3v) is 4.20. The summed E-state index contributed by atoms with van der Waals surface area (Å²) in [5.74, 6) is 0.229. The second kappa shape index (κ2) is 7.34. The molecule has 0 unspecified atom stereocenters. The van der Waals surface area contributed by atoms with Gasteiger partial charge in [0, 0.05) is 31.0 Å². The van der Waals surface area contributed by atoms with Crippen LogP contribution >= 0.6 is 0 Å². The van der Waals surface area contributed by atoms with Gasteiger partial charge in [-0.2, -0.15) is 0 Å². The summed E-state index contributed by atoms with van der Waals surface area (Å²) in [6.07, 6.45) is 4.67. The van der Waals surface area contributed by atoms with Crippen LogP contribution in [0.1, 0.15) is 30.3 Å². The molecule has 1 saturated heterocycles. The highest BCUT2D eigenvalue weighted by atomic mass is 16.5. The molecule has 0 atom stereocenters. The van der Waals surface area contributed by atoms with Gasteiger partial charge in [-0.15, -0.1) is 0 Å². The number of amides is 2. The van der Waals surface area contributed by atoms with Crippen LogP contribution in [0.15, 0.2) is 42.5 Å². The Balaban J connectivity index is 1.92. The van der Waals surface area contributed by atoms with E-state index in [4.69, 9.17) is 4.74 Å². The highest BCUT2D eigenvalue weighted by Gasteiger charge is 2.31. The predicted octanol–water partition coefficient (Wildman–Crippen LogP) is 2.80. The zero-order valence-corrected chi connectivity index (χ0v) is 14.4. The third kappa shape index (κ3) is 3.33. The zero-order valence-electron chi connectivity index (χ0n) is 14.4. The molecule has 1 fully saturated rings. The maximum Gasteiger partial charge on any atom is 0.291 e. The molecule has 0 spiro atoms. The van der Waals surface area contributed by atoms with Crippen molar-refractivity contribution < 1.29 is 14.3 Å². The largest absolute Gasteiger partial charge is 0.496 e. The summed E-state index contributed by atoms with van der Waals surface area (Å²) in [7, 11) is 1.57. The standard InChI is InChI=1S/C19H21N3O3/c1-3-4-10-18(23)21-11-7-12-22(21)19(24)16-13-17(25-2)14-8-5-6-9-15(14)20-16/h3-6,8-9,13H,7,10-12H2,1-2H3. The first kappa shape index (κ1) is 17.0. The van der Waals surface area contributed by atoms with E-state index in [1.807, 2.05) is 37.3 Å². The molecule has 0 N–H and O–H groups in total. The number of allylic oxidation sites excluding steroid dienone is 1. The van der Waals surface area contributed by atoms with Crippen LogP contribution in [-0.2, 0) is 4.79 Å². The molecule has 1 aliphatic heterocycles. The SMILES string of the molecule is CC=CCC(=O)N1CCCN1C(=O)c1cc(OC)c2ccccc2n1. The van der Waals surface area contributed by atoms with Gasteiger partial charge in [0.15, 0.2) is 0 Å². The van der Waals surface area contributed by atoms with Crippen molar-refractivity contribution in [3.8, 4) is 5.75 Å². The number of rotatable bonds is 4. The molecule has 0 bridgehead atoms. The number of aromatic nitrogens is 1. The van der Waals surface area contributed by atoms with Crippen LogP contribution in [-0.4, -0.2) is 47.0 Å². The molecule has 6 heteroatoms. The summed E-state index contributed by atoms with van der Waals surface area (Å²) in [5, 5.41) is 3.86. The lowest BCUT2D eigenvalue weighted by molar-refractivity contribution is -0.139. The number of methoxy groups -OCH3 is 1. The van der Waals surface area contributed by atoms with E-state index in [1.165, 1.54) is 10.0 Å². The fourth-order valence-electron chi connectivity index (χ4n) is 2.96. The molecule has 2 amide bonds. The first-order chi connectivity index (χ1) is 12.2. The molecule has 0 radical (unpaired) electrons. The van der Waals surface area contributed by atoms with E-state index >= 15 is 0 Å². The monoisotopic (exact) mass is 339 g/mol. The first-order valence-corrected chi connectivity index (χ1v) is 8.32. The number of hydrogen-bond donors (Lipinski definition) is 0. The highest BCUT2D eigenvalue weighted by molar-refractivity contribution is 5.98. The summed E-state index contributed by atoms with van der Waals surface area (Å²) in [5.41, 5.74) is 0.970. The van der Waals surface area contributed by atoms with Crippen molar-refractivity contribution in [2.75, 3.05) is 20.2 Å². The Kier molecular flexibility index (Phi) is 4.97. The molecule has 1 aromatic carbocycles. The van der Waals surface area contributed by atoms with Gasteiger partial charge in [0.2, 0.25) is 5.91 Å². The minimum absolute atomic E-state index is 0.0864. The van der Waals surface area contributed by atoms with Crippen molar-refractivity contribution in [2.24, 2.45) is 0 Å². The molecular formula is C19H21N3O3. The maximum absolute atomic E-state index is 12.9. The molecule has 6 nitrogen and oxygen atoms in total. The van der Waals surface area contributed by atoms with Crippen LogP contribution in [0, 0.1) is 0 Å². The van der Waals surface area contributed by atoms with Crippen molar-refractivity contribution in [2.45, 2.75) is 19.8 Å². The van der Waals surface area contributed by atoms with E-state index in [9.17, 15) is 9.59 Å². The lowest BCUT2D eigenvalue weighted by Gasteiger charge is -2.27. The predicted molar refractivity (Wildman–Crippen MR) is 95.1 cm³/mol. The number of fused-ring (bicyclic) bond motifs is 1. The van der Waals surface area contributed by atoms with E-state index in [-0.39, 0.29) is 23.9 Å². The molecule has 2 aromatic rings. The molecule has 0 aliphatic carbocycles. The minimum atomic E-state index is -0.282. The van der Waals surface area contributed by atoms with Crippen LogP contribution in [0.2, 0.25) is 0 Å². The number of nitrogens with zero attached hydrogens (tertiary/aromatic N) is 3. The van der Waals surface area contributed by atoms with Gasteiger partial charge in [0.1, 0.15) is 11.4 Å². The second-order valence-corrected chi connectivity index (χ2v) is 5.80. The summed E-state index contributed by atoms with van der Waals surface area (Å²) in [6, 6.07) is 9.14. The molecular weight excluding hydrogens is 318 g/mol. The van der Waals surface area contributed by atoms with Crippen molar-refractivity contribution in [3.05, 3.63) is 48.2 Å². The number of hydrogen-bond acceptors (Lipinski definition) is 4. The zero-order chi connectivity index (χ0) is 17.8. The number of carbonyl (C=O) groups is 2. The summed E-state index contributed by atoms with van der Waals surface area (Å²) in [4.78, 5) is 29.7. The van der Waals surface area contributed by atoms with Gasteiger partial charge in [-0.05, 0) is 25.5 Å². The summed E-state index contributed by atoms with van der Waals surface area (Å²) in [6.45, 7) is 2.93. The number of benzene rings is 1. The normalized spacial score (nSPS) is 14.5. The number of hydrazine groups is 1. The quantitative estimate of drug-likeness (QED) is 0.804. The van der Waals surface area contributed by atoms with Crippen LogP contribution < -0.4 is 4.74 Å². The van der Waals surface area contributed by atoms with Crippen molar-refractivity contribution >= 4 is 22.7 Å². The highest BCUT2D eigenvalue weighted by Crippen LogP contribution is 2.26. The third-order valence-electron chi connectivity index (χ3n) is 4.20. The van der Waals surface area contributed by atoms with Gasteiger partial charge >= 0.3 is 0 Å². The van der Waals surface area contributed by atoms with Gasteiger partial charge in [0.25, 0.3) is 5.91 Å². The summed E-state index contributed by atoms with van der Waals surface area (Å²) >= 11 is 0. The van der Waals surface area contributed by atoms with Crippen LogP contribution in [0.5, 0.6) is 5.75 Å². The molecule has 1 aromatic heterocycles. The molecule has 2 heterocycles. The average molecular weight is 339 g/mol. The van der Waals surface area contributed by atoms with E-state index in [0.717, 1.165) is 11.8 Å². The number of carbonyl (C=O) groups excluding carboxylic acids is 2. The van der Waals surface area contributed by atoms with Gasteiger partial charge in [-0.3, -0.25) is 14.6 Å². The van der Waals surface area contributed by atoms with Crippen LogP contribution in [0.4, 0.5) is 0 Å². The summed E-state index contributed by atoms with van der Waals surface area (Å²) < 4.78 is 5.41. The average Bonchev–Trinajstić information content (AvgIpc) is 3.14. The van der Waals surface area contributed by atoms with E-state index in [0.29, 0.717) is 24.4 Å². The van der Waals surface area contributed by atoms with Crippen molar-refractivity contribution in [1.82, 2.24) is 15.0 Å². The number of ether oxygens (including phenoxy) is 1. The van der Waals surface area contributed by atoms with Crippen molar-refractivity contribution in [3.63, 3.8) is 0 Å². The van der Waals surface area contributed by atoms with Crippen LogP contribution in [0.3, 0.4) is 0 Å². The van der Waals surface area contributed by atoms with Gasteiger partial charge in [-0.25, -0.2) is 9.99 Å². The minimum Gasteiger partial charge on any atom is -0.496 e. The number of para-hydroxylation sites is 1. The Morgan fingerprint density at radius 2 is 2.00 bits per heavy atom.